The molecular formula is C27H24Cl2N6. The quantitative estimate of drug-likeness (QED) is 0.309. The summed E-state index contributed by atoms with van der Waals surface area (Å²) in [7, 11) is 0. The third-order valence-electron chi connectivity index (χ3n) is 7.83. The summed E-state index contributed by atoms with van der Waals surface area (Å²) in [6.07, 6.45) is 14.9. The molecule has 0 atom stereocenters. The maximum Gasteiger partial charge on any atom is 0.146 e. The van der Waals surface area contributed by atoms with Crippen LogP contribution in [0, 0.1) is 5.41 Å². The molecule has 1 aliphatic heterocycles. The second-order valence-electron chi connectivity index (χ2n) is 9.97. The first-order valence-corrected chi connectivity index (χ1v) is 12.8. The smallest absolute Gasteiger partial charge is 0.146 e. The van der Waals surface area contributed by atoms with Crippen molar-refractivity contribution in [3.05, 3.63) is 71.4 Å². The standard InChI is InChI=1S/C27H24Cl2N6/c28-21-2-1-3-22(29)25(21)24-14-34-9-6-23-20(26(34)33-24)10-17(11-31-23)18-12-32-35(13-18)19-4-7-27(8-5-19)15-30-16-27/h1-3,6,9-14,19,30H,4-5,7-8,15-16H2. The van der Waals surface area contributed by atoms with Crippen molar-refractivity contribution in [1.29, 1.82) is 0 Å². The maximum absolute atomic E-state index is 6.45. The summed E-state index contributed by atoms with van der Waals surface area (Å²) in [4.78, 5) is 9.64. The molecule has 5 aromatic rings. The zero-order valence-corrected chi connectivity index (χ0v) is 20.6. The van der Waals surface area contributed by atoms with Gasteiger partial charge in [-0.25, -0.2) is 4.98 Å². The highest BCUT2D eigenvalue weighted by molar-refractivity contribution is 6.39. The van der Waals surface area contributed by atoms with Crippen LogP contribution in [0.4, 0.5) is 0 Å². The van der Waals surface area contributed by atoms with Gasteiger partial charge in [0.1, 0.15) is 5.65 Å². The number of benzene rings is 1. The average molecular weight is 503 g/mol. The Bertz CT molecular complexity index is 1550. The van der Waals surface area contributed by atoms with Gasteiger partial charge in [-0.05, 0) is 55.4 Å². The second kappa shape index (κ2) is 8.05. The number of aromatic nitrogens is 5. The van der Waals surface area contributed by atoms with Gasteiger partial charge in [0.2, 0.25) is 0 Å². The number of pyridine rings is 2. The van der Waals surface area contributed by atoms with Crippen LogP contribution in [0.1, 0.15) is 31.7 Å². The molecule has 1 spiro atoms. The highest BCUT2D eigenvalue weighted by atomic mass is 35.5. The second-order valence-corrected chi connectivity index (χ2v) is 10.8. The third-order valence-corrected chi connectivity index (χ3v) is 8.46. The van der Waals surface area contributed by atoms with Crippen molar-refractivity contribution < 1.29 is 0 Å². The summed E-state index contributed by atoms with van der Waals surface area (Å²) in [5.74, 6) is 0. The van der Waals surface area contributed by atoms with Crippen LogP contribution in [0.25, 0.3) is 38.9 Å². The van der Waals surface area contributed by atoms with E-state index in [9.17, 15) is 0 Å². The summed E-state index contributed by atoms with van der Waals surface area (Å²) >= 11 is 12.9. The molecule has 2 fully saturated rings. The maximum atomic E-state index is 6.45. The fourth-order valence-electron chi connectivity index (χ4n) is 5.66. The van der Waals surface area contributed by atoms with Gasteiger partial charge in [0, 0.05) is 60.0 Å². The predicted molar refractivity (Wildman–Crippen MR) is 140 cm³/mol. The van der Waals surface area contributed by atoms with Gasteiger partial charge in [0.25, 0.3) is 0 Å². The lowest BCUT2D eigenvalue weighted by molar-refractivity contribution is 0.0813. The van der Waals surface area contributed by atoms with E-state index in [2.05, 4.69) is 22.3 Å². The van der Waals surface area contributed by atoms with E-state index in [1.54, 1.807) is 0 Å². The fraction of sp³-hybridized carbons (Fsp3) is 0.296. The molecule has 4 aromatic heterocycles. The SMILES string of the molecule is Clc1cccc(Cl)c1-c1cn2ccc3ncc(-c4cnn(C5CCC6(CC5)CNC6)c4)cc3c2n1. The summed E-state index contributed by atoms with van der Waals surface area (Å²) in [5, 5.41) is 10.3. The molecule has 2 aliphatic rings. The zero-order valence-electron chi connectivity index (χ0n) is 19.1. The number of fused-ring (bicyclic) bond motifs is 3. The lowest BCUT2D eigenvalue weighted by Gasteiger charge is -2.47. The molecule has 0 radical (unpaired) electrons. The lowest BCUT2D eigenvalue weighted by Crippen LogP contribution is -2.54. The summed E-state index contributed by atoms with van der Waals surface area (Å²) < 4.78 is 4.16. The molecule has 0 bridgehead atoms. The van der Waals surface area contributed by atoms with Crippen LogP contribution in [0.15, 0.2) is 61.3 Å². The zero-order chi connectivity index (χ0) is 23.6. The van der Waals surface area contributed by atoms with Gasteiger partial charge in [-0.2, -0.15) is 5.10 Å². The van der Waals surface area contributed by atoms with Crippen LogP contribution >= 0.6 is 23.2 Å². The van der Waals surface area contributed by atoms with Crippen molar-refractivity contribution in [1.82, 2.24) is 29.5 Å². The summed E-state index contributed by atoms with van der Waals surface area (Å²) in [6, 6.07) is 10.1. The Morgan fingerprint density at radius 1 is 0.971 bits per heavy atom. The minimum Gasteiger partial charge on any atom is -0.316 e. The van der Waals surface area contributed by atoms with Crippen LogP contribution < -0.4 is 5.32 Å². The number of rotatable bonds is 3. The fourth-order valence-corrected chi connectivity index (χ4v) is 6.25. The molecule has 8 heteroatoms. The molecule has 7 rings (SSSR count). The first kappa shape index (κ1) is 21.4. The Hall–Kier alpha value is -2.93. The number of imidazole rings is 1. The molecule has 1 N–H and O–H groups in total. The molecule has 1 saturated heterocycles. The number of hydrogen-bond donors (Lipinski definition) is 1. The van der Waals surface area contributed by atoms with Gasteiger partial charge in [0.15, 0.2) is 0 Å². The van der Waals surface area contributed by atoms with Crippen molar-refractivity contribution in [2.24, 2.45) is 5.41 Å². The van der Waals surface area contributed by atoms with Crippen LogP contribution in [0.5, 0.6) is 0 Å². The van der Waals surface area contributed by atoms with Gasteiger partial charge < -0.3 is 9.72 Å². The number of hydrogen-bond acceptors (Lipinski definition) is 4. The van der Waals surface area contributed by atoms with Crippen molar-refractivity contribution in [2.45, 2.75) is 31.7 Å². The van der Waals surface area contributed by atoms with Crippen LogP contribution in [0.3, 0.4) is 0 Å². The molecule has 1 aromatic carbocycles. The van der Waals surface area contributed by atoms with Gasteiger partial charge >= 0.3 is 0 Å². The first-order valence-electron chi connectivity index (χ1n) is 12.1. The molecule has 1 saturated carbocycles. The minimum absolute atomic E-state index is 0.477. The lowest BCUT2D eigenvalue weighted by atomic mass is 9.68. The van der Waals surface area contributed by atoms with Crippen molar-refractivity contribution >= 4 is 39.8 Å². The van der Waals surface area contributed by atoms with Crippen LogP contribution in [-0.2, 0) is 0 Å². The summed E-state index contributed by atoms with van der Waals surface area (Å²) in [5.41, 5.74) is 5.86. The predicted octanol–water partition coefficient (Wildman–Crippen LogP) is 6.42. The highest BCUT2D eigenvalue weighted by Crippen LogP contribution is 2.43. The van der Waals surface area contributed by atoms with E-state index in [4.69, 9.17) is 38.3 Å². The molecule has 0 amide bonds. The molecule has 35 heavy (non-hydrogen) atoms. The third kappa shape index (κ3) is 3.54. The normalized spacial score (nSPS) is 17.9. The molecule has 1 aliphatic carbocycles. The Balaban J connectivity index is 1.24. The Kier molecular flexibility index (Phi) is 4.91. The van der Waals surface area contributed by atoms with Gasteiger partial charge in [-0.3, -0.25) is 9.67 Å². The van der Waals surface area contributed by atoms with E-state index < -0.39 is 0 Å². The average Bonchev–Trinajstić information content (AvgIpc) is 3.51. The molecular weight excluding hydrogens is 479 g/mol. The van der Waals surface area contributed by atoms with Crippen molar-refractivity contribution in [3.63, 3.8) is 0 Å². The number of halogens is 2. The van der Waals surface area contributed by atoms with Crippen LogP contribution in [0.2, 0.25) is 10.0 Å². The Morgan fingerprint density at radius 2 is 1.77 bits per heavy atom. The van der Waals surface area contributed by atoms with E-state index in [1.165, 1.54) is 38.8 Å². The monoisotopic (exact) mass is 502 g/mol. The molecule has 0 unspecified atom stereocenters. The van der Waals surface area contributed by atoms with Crippen molar-refractivity contribution in [2.75, 3.05) is 13.1 Å². The van der Waals surface area contributed by atoms with Crippen LogP contribution in [-0.4, -0.2) is 37.2 Å². The van der Waals surface area contributed by atoms with E-state index in [0.717, 1.165) is 38.9 Å². The number of nitrogens with zero attached hydrogens (tertiary/aromatic N) is 5. The highest BCUT2D eigenvalue weighted by Gasteiger charge is 2.40. The van der Waals surface area contributed by atoms with E-state index in [0.29, 0.717) is 21.5 Å². The Morgan fingerprint density at radius 3 is 2.51 bits per heavy atom. The van der Waals surface area contributed by atoms with E-state index in [1.807, 2.05) is 53.5 Å². The number of nitrogens with one attached hydrogen (secondary N) is 1. The molecule has 6 nitrogen and oxygen atoms in total. The summed E-state index contributed by atoms with van der Waals surface area (Å²) in [6.45, 7) is 2.36. The van der Waals surface area contributed by atoms with Crippen molar-refractivity contribution in [3.8, 4) is 22.4 Å². The van der Waals surface area contributed by atoms with Gasteiger partial charge in [0.05, 0.1) is 33.5 Å². The Labute approximate surface area is 212 Å². The molecule has 5 heterocycles. The largest absolute Gasteiger partial charge is 0.316 e. The van der Waals surface area contributed by atoms with E-state index >= 15 is 0 Å². The first-order chi connectivity index (χ1) is 17.1. The van der Waals surface area contributed by atoms with Gasteiger partial charge in [-0.1, -0.05) is 29.3 Å². The topological polar surface area (TPSA) is 60.0 Å². The van der Waals surface area contributed by atoms with E-state index in [-0.39, 0.29) is 0 Å². The molecule has 176 valence electrons. The minimum atomic E-state index is 0.477. The van der Waals surface area contributed by atoms with Gasteiger partial charge in [-0.15, -0.1) is 0 Å².